The van der Waals surface area contributed by atoms with Gasteiger partial charge in [-0.05, 0) is 25.7 Å². The summed E-state index contributed by atoms with van der Waals surface area (Å²) in [6.45, 7) is 1.20. The Hall–Kier alpha value is -0.536. The highest BCUT2D eigenvalue weighted by atomic mass is 28.4. The van der Waals surface area contributed by atoms with Crippen LogP contribution in [0.3, 0.4) is 0 Å². The smallest absolute Gasteiger partial charge is 0.377 e. The molecular weight excluding hydrogens is 376 g/mol. The highest BCUT2D eigenvalue weighted by Gasteiger charge is 2.37. The Bertz CT molecular complexity index is 321. The lowest BCUT2D eigenvalue weighted by Gasteiger charge is -2.24. The molecule has 0 aromatic rings. The molecule has 0 aromatic heterocycles. The van der Waals surface area contributed by atoms with Crippen LogP contribution in [0.4, 0.5) is 4.79 Å². The lowest BCUT2D eigenvalue weighted by molar-refractivity contribution is 0.122. The topological polar surface area (TPSA) is 96.5 Å². The Labute approximate surface area is 159 Å². The Kier molecular flexibility index (Phi) is 14.2. The molecule has 0 radical (unpaired) electrons. The molecule has 0 unspecified atom stereocenters. The van der Waals surface area contributed by atoms with Crippen molar-refractivity contribution in [1.82, 2.24) is 10.6 Å². The Morgan fingerprint density at radius 1 is 0.615 bits per heavy atom. The fraction of sp³-hybridized carbons (Fsp3) is 0.933. The molecular formula is C15H36N2O7Si2. The fourth-order valence-electron chi connectivity index (χ4n) is 2.51. The summed E-state index contributed by atoms with van der Waals surface area (Å²) in [4.78, 5) is 11.7. The molecule has 0 heterocycles. The molecule has 156 valence electrons. The zero-order chi connectivity index (χ0) is 19.9. The van der Waals surface area contributed by atoms with Crippen molar-refractivity contribution in [3.63, 3.8) is 0 Å². The Balaban J connectivity index is 3.76. The van der Waals surface area contributed by atoms with Gasteiger partial charge in [0, 0.05) is 67.8 Å². The average Bonchev–Trinajstić information content (AvgIpc) is 2.68. The third-order valence-corrected chi connectivity index (χ3v) is 9.92. The number of unbranched alkanes of at least 4 members (excludes halogenated alkanes) is 2. The number of hydrogen-bond acceptors (Lipinski definition) is 7. The van der Waals surface area contributed by atoms with Gasteiger partial charge in [-0.1, -0.05) is 0 Å². The number of amides is 2. The minimum Gasteiger partial charge on any atom is -0.377 e. The maximum atomic E-state index is 11.7. The van der Waals surface area contributed by atoms with Crippen LogP contribution in [0.15, 0.2) is 0 Å². The Morgan fingerprint density at radius 2 is 0.923 bits per heavy atom. The minimum atomic E-state index is -2.51. The van der Waals surface area contributed by atoms with E-state index in [2.05, 4.69) is 10.6 Å². The number of nitrogens with one attached hydrogen (secondary N) is 2. The van der Waals surface area contributed by atoms with Gasteiger partial charge in [-0.25, -0.2) is 4.79 Å². The average molecular weight is 413 g/mol. The number of urea groups is 1. The van der Waals surface area contributed by atoms with Crippen molar-refractivity contribution in [2.45, 2.75) is 37.8 Å². The molecule has 0 spiro atoms. The summed E-state index contributed by atoms with van der Waals surface area (Å²) >= 11 is 0. The highest BCUT2D eigenvalue weighted by molar-refractivity contribution is 6.60. The predicted molar refractivity (Wildman–Crippen MR) is 103 cm³/mol. The van der Waals surface area contributed by atoms with Gasteiger partial charge in [0.2, 0.25) is 0 Å². The van der Waals surface area contributed by atoms with Crippen LogP contribution in [0, 0.1) is 0 Å². The predicted octanol–water partition coefficient (Wildman–Crippen LogP) is 1.60. The van der Waals surface area contributed by atoms with Crippen LogP contribution in [0.25, 0.3) is 0 Å². The number of carbonyl (C=O) groups excluding carboxylic acids is 1. The van der Waals surface area contributed by atoms with Gasteiger partial charge in [-0.3, -0.25) is 0 Å². The zero-order valence-electron chi connectivity index (χ0n) is 17.0. The van der Waals surface area contributed by atoms with Crippen LogP contribution in [0.2, 0.25) is 12.1 Å². The maximum absolute atomic E-state index is 11.7. The molecule has 0 bridgehead atoms. The number of carbonyl (C=O) groups is 1. The first-order chi connectivity index (χ1) is 12.5. The standard InChI is InChI=1S/C15H36N2O7Si2/c1-19-25(20-2,21-3)13-9-7-11-16-15(18)17-12-8-10-14-26(22-4,23-5)24-6/h7-14H2,1-6H3,(H2,16,17,18). The molecule has 2 N–H and O–H groups in total. The van der Waals surface area contributed by atoms with Crippen LogP contribution in [0.5, 0.6) is 0 Å². The van der Waals surface area contributed by atoms with Gasteiger partial charge in [0.15, 0.2) is 0 Å². The second-order valence-corrected chi connectivity index (χ2v) is 11.9. The van der Waals surface area contributed by atoms with E-state index in [9.17, 15) is 4.79 Å². The van der Waals surface area contributed by atoms with Crippen molar-refractivity contribution >= 4 is 23.6 Å². The first-order valence-corrected chi connectivity index (χ1v) is 12.7. The van der Waals surface area contributed by atoms with Gasteiger partial charge < -0.3 is 37.2 Å². The van der Waals surface area contributed by atoms with E-state index in [1.807, 2.05) is 0 Å². The van der Waals surface area contributed by atoms with Crippen molar-refractivity contribution < 1.29 is 31.4 Å². The summed E-state index contributed by atoms with van der Waals surface area (Å²) < 4.78 is 32.2. The van der Waals surface area contributed by atoms with Gasteiger partial charge in [0.1, 0.15) is 0 Å². The summed E-state index contributed by atoms with van der Waals surface area (Å²) in [5.41, 5.74) is 0. The van der Waals surface area contributed by atoms with Crippen molar-refractivity contribution in [2.24, 2.45) is 0 Å². The van der Waals surface area contributed by atoms with Crippen LogP contribution in [0.1, 0.15) is 25.7 Å². The molecule has 9 nitrogen and oxygen atoms in total. The quantitative estimate of drug-likeness (QED) is 0.294. The van der Waals surface area contributed by atoms with E-state index in [0.29, 0.717) is 13.1 Å². The van der Waals surface area contributed by atoms with E-state index >= 15 is 0 Å². The first kappa shape index (κ1) is 25.5. The molecule has 0 atom stereocenters. The van der Waals surface area contributed by atoms with E-state index in [0.717, 1.165) is 37.8 Å². The molecule has 0 saturated carbocycles. The molecule has 0 saturated heterocycles. The number of hydrogen-bond donors (Lipinski definition) is 2. The lowest BCUT2D eigenvalue weighted by atomic mass is 10.3. The highest BCUT2D eigenvalue weighted by Crippen LogP contribution is 2.16. The van der Waals surface area contributed by atoms with Crippen LogP contribution in [-0.4, -0.2) is 79.4 Å². The van der Waals surface area contributed by atoms with Crippen LogP contribution < -0.4 is 10.6 Å². The molecule has 0 aliphatic heterocycles. The van der Waals surface area contributed by atoms with Crippen LogP contribution in [-0.2, 0) is 26.6 Å². The summed E-state index contributed by atoms with van der Waals surface area (Å²) in [5.74, 6) is 0. The summed E-state index contributed by atoms with van der Waals surface area (Å²) in [5, 5.41) is 5.68. The second kappa shape index (κ2) is 14.5. The normalized spacial score (nSPS) is 12.2. The third-order valence-electron chi connectivity index (χ3n) is 4.26. The van der Waals surface area contributed by atoms with E-state index < -0.39 is 17.6 Å². The molecule has 0 fully saturated rings. The van der Waals surface area contributed by atoms with Gasteiger partial charge in [-0.15, -0.1) is 0 Å². The van der Waals surface area contributed by atoms with E-state index in [-0.39, 0.29) is 6.03 Å². The largest absolute Gasteiger partial charge is 0.500 e. The van der Waals surface area contributed by atoms with Crippen molar-refractivity contribution in [3.8, 4) is 0 Å². The summed E-state index contributed by atoms with van der Waals surface area (Å²) in [6.07, 6.45) is 3.39. The molecule has 0 rings (SSSR count). The first-order valence-electron chi connectivity index (χ1n) is 8.79. The van der Waals surface area contributed by atoms with Crippen molar-refractivity contribution in [3.05, 3.63) is 0 Å². The van der Waals surface area contributed by atoms with E-state index in [1.54, 1.807) is 42.7 Å². The molecule has 2 amide bonds. The molecule has 0 aliphatic carbocycles. The third kappa shape index (κ3) is 9.41. The van der Waals surface area contributed by atoms with Gasteiger partial charge >= 0.3 is 23.6 Å². The van der Waals surface area contributed by atoms with Crippen molar-refractivity contribution in [1.29, 1.82) is 0 Å². The van der Waals surface area contributed by atoms with Crippen molar-refractivity contribution in [2.75, 3.05) is 55.7 Å². The molecule has 0 aliphatic rings. The van der Waals surface area contributed by atoms with E-state index in [4.69, 9.17) is 26.6 Å². The summed E-state index contributed by atoms with van der Waals surface area (Å²) in [7, 11) is 4.59. The zero-order valence-corrected chi connectivity index (χ0v) is 19.0. The monoisotopic (exact) mass is 412 g/mol. The van der Waals surface area contributed by atoms with Gasteiger partial charge in [-0.2, -0.15) is 0 Å². The minimum absolute atomic E-state index is 0.160. The fourth-order valence-corrected chi connectivity index (χ4v) is 6.10. The molecule has 26 heavy (non-hydrogen) atoms. The molecule has 11 heteroatoms. The van der Waals surface area contributed by atoms with Gasteiger partial charge in [0.25, 0.3) is 0 Å². The van der Waals surface area contributed by atoms with E-state index in [1.165, 1.54) is 0 Å². The van der Waals surface area contributed by atoms with Gasteiger partial charge in [0.05, 0.1) is 0 Å². The summed E-state index contributed by atoms with van der Waals surface area (Å²) in [6, 6.07) is 1.29. The SMILES string of the molecule is CO[Si](CCCCNC(=O)NCCCC[Si](OC)(OC)OC)(OC)OC. The lowest BCUT2D eigenvalue weighted by Crippen LogP contribution is -2.43. The second-order valence-electron chi connectivity index (χ2n) is 5.69. The maximum Gasteiger partial charge on any atom is 0.500 e. The van der Waals surface area contributed by atoms with Crippen LogP contribution >= 0.6 is 0 Å². The molecule has 0 aromatic carbocycles. The Morgan fingerprint density at radius 3 is 1.19 bits per heavy atom. The number of rotatable bonds is 16.